The summed E-state index contributed by atoms with van der Waals surface area (Å²) >= 11 is 0. The summed E-state index contributed by atoms with van der Waals surface area (Å²) in [5.74, 6) is 9.41. The predicted molar refractivity (Wildman–Crippen MR) is 116 cm³/mol. The molecule has 7 nitrogen and oxygen atoms in total. The standard InChI is InChI=1S/C23H24N4O3S/c1-3-23-24-10-11-26(23)13-18-12-22(30-25-18)17-7-4-16(5-8-17)6-9-19-20-14-27(15-21(19)20)31(2,28)29/h4-5,7-8,10-12,19-21H,3,13-15H2,1-2H3/t19-,20-,21+. The van der Waals surface area contributed by atoms with Gasteiger partial charge in [0.25, 0.3) is 0 Å². The molecule has 0 amide bonds. The highest BCUT2D eigenvalue weighted by Crippen LogP contribution is 2.51. The minimum absolute atomic E-state index is 0.311. The van der Waals surface area contributed by atoms with Crippen molar-refractivity contribution in [1.29, 1.82) is 0 Å². The van der Waals surface area contributed by atoms with Crippen molar-refractivity contribution < 1.29 is 12.9 Å². The third kappa shape index (κ3) is 4.03. The fourth-order valence-electron chi connectivity index (χ4n) is 4.35. The Bertz CT molecular complexity index is 1250. The van der Waals surface area contributed by atoms with Gasteiger partial charge in [0.2, 0.25) is 10.0 Å². The average molecular weight is 437 g/mol. The molecule has 0 spiro atoms. The quantitative estimate of drug-likeness (QED) is 0.575. The van der Waals surface area contributed by atoms with Crippen molar-refractivity contribution in [2.45, 2.75) is 19.9 Å². The Morgan fingerprint density at radius 1 is 1.19 bits per heavy atom. The fourth-order valence-corrected chi connectivity index (χ4v) is 5.24. The Hall–Kier alpha value is -2.89. The van der Waals surface area contributed by atoms with E-state index >= 15 is 0 Å². The topological polar surface area (TPSA) is 81.2 Å². The van der Waals surface area contributed by atoms with Gasteiger partial charge in [0, 0.05) is 55.0 Å². The number of nitrogens with zero attached hydrogens (tertiary/aromatic N) is 4. The smallest absolute Gasteiger partial charge is 0.211 e. The Labute approximate surface area is 182 Å². The van der Waals surface area contributed by atoms with E-state index in [9.17, 15) is 8.42 Å². The van der Waals surface area contributed by atoms with Crippen LogP contribution >= 0.6 is 0 Å². The van der Waals surface area contributed by atoms with Gasteiger partial charge in [0.05, 0.1) is 12.8 Å². The van der Waals surface area contributed by atoms with Crippen LogP contribution in [-0.4, -0.2) is 46.8 Å². The van der Waals surface area contributed by atoms with Gasteiger partial charge in [-0.25, -0.2) is 17.7 Å². The molecule has 31 heavy (non-hydrogen) atoms. The summed E-state index contributed by atoms with van der Waals surface area (Å²) in [5.41, 5.74) is 2.76. The number of rotatable bonds is 5. The van der Waals surface area contributed by atoms with Crippen LogP contribution < -0.4 is 0 Å². The average Bonchev–Trinajstić information content (AvgIpc) is 3.23. The Kier molecular flexibility index (Phi) is 4.95. The Morgan fingerprint density at radius 2 is 1.94 bits per heavy atom. The largest absolute Gasteiger partial charge is 0.356 e. The first kappa shape index (κ1) is 20.0. The summed E-state index contributed by atoms with van der Waals surface area (Å²) in [5, 5.41) is 4.19. The van der Waals surface area contributed by atoms with E-state index in [4.69, 9.17) is 4.52 Å². The molecule has 2 fully saturated rings. The number of aryl methyl sites for hydroxylation is 1. The minimum Gasteiger partial charge on any atom is -0.356 e. The monoisotopic (exact) mass is 436 g/mol. The predicted octanol–water partition coefficient (Wildman–Crippen LogP) is 2.64. The molecule has 0 bridgehead atoms. The fraction of sp³-hybridized carbons (Fsp3) is 0.391. The molecular formula is C23H24N4O3S. The molecule has 5 rings (SSSR count). The zero-order valence-corrected chi connectivity index (χ0v) is 18.3. The van der Waals surface area contributed by atoms with E-state index in [1.807, 2.05) is 36.5 Å². The van der Waals surface area contributed by atoms with Crippen LogP contribution in [0.4, 0.5) is 0 Å². The van der Waals surface area contributed by atoms with Crippen LogP contribution in [0.1, 0.15) is 24.0 Å². The first-order valence-corrected chi connectivity index (χ1v) is 12.3. The lowest BCUT2D eigenvalue weighted by Crippen LogP contribution is -2.30. The van der Waals surface area contributed by atoms with Crippen molar-refractivity contribution in [1.82, 2.24) is 19.0 Å². The molecule has 2 aliphatic rings. The van der Waals surface area contributed by atoms with Crippen molar-refractivity contribution in [3.63, 3.8) is 0 Å². The van der Waals surface area contributed by atoms with Gasteiger partial charge >= 0.3 is 0 Å². The second-order valence-corrected chi connectivity index (χ2v) is 10.3. The molecule has 8 heteroatoms. The normalized spacial score (nSPS) is 22.7. The maximum atomic E-state index is 11.6. The molecular weight excluding hydrogens is 412 g/mol. The molecule has 3 atom stereocenters. The molecule has 0 N–H and O–H groups in total. The molecule has 3 aromatic rings. The van der Waals surface area contributed by atoms with Gasteiger partial charge in [0.15, 0.2) is 5.76 Å². The molecule has 3 heterocycles. The summed E-state index contributed by atoms with van der Waals surface area (Å²) in [6.45, 7) is 3.93. The maximum Gasteiger partial charge on any atom is 0.211 e. The molecule has 1 saturated heterocycles. The number of sulfonamides is 1. The lowest BCUT2D eigenvalue weighted by atomic mass is 10.1. The highest BCUT2D eigenvalue weighted by Gasteiger charge is 2.56. The van der Waals surface area contributed by atoms with Crippen molar-refractivity contribution in [3.8, 4) is 23.2 Å². The van der Waals surface area contributed by atoms with E-state index in [2.05, 4.69) is 33.5 Å². The van der Waals surface area contributed by atoms with Gasteiger partial charge in [0.1, 0.15) is 11.5 Å². The molecule has 1 saturated carbocycles. The SMILES string of the molecule is CCc1nccn1Cc1cc(-c2ccc(C#C[C@@H]3[C@H]4CN(S(C)(=O)=O)C[C@@H]34)cc2)on1. The summed E-state index contributed by atoms with van der Waals surface area (Å²) in [6, 6.07) is 9.90. The van der Waals surface area contributed by atoms with E-state index in [0.717, 1.165) is 34.8 Å². The lowest BCUT2D eigenvalue weighted by molar-refractivity contribution is 0.421. The number of hydrogen-bond donors (Lipinski definition) is 0. The maximum absolute atomic E-state index is 11.6. The van der Waals surface area contributed by atoms with Crippen LogP contribution in [0.5, 0.6) is 0 Å². The number of benzene rings is 1. The molecule has 0 unspecified atom stereocenters. The van der Waals surface area contributed by atoms with E-state index in [-0.39, 0.29) is 0 Å². The van der Waals surface area contributed by atoms with E-state index < -0.39 is 10.0 Å². The van der Waals surface area contributed by atoms with Gasteiger partial charge in [-0.05, 0) is 36.1 Å². The Morgan fingerprint density at radius 3 is 2.61 bits per heavy atom. The summed E-state index contributed by atoms with van der Waals surface area (Å²) < 4.78 is 32.4. The third-order valence-corrected chi connectivity index (χ3v) is 7.43. The zero-order chi connectivity index (χ0) is 21.6. The van der Waals surface area contributed by atoms with Gasteiger partial charge in [-0.2, -0.15) is 0 Å². The first-order chi connectivity index (χ1) is 14.9. The molecule has 0 radical (unpaired) electrons. The van der Waals surface area contributed by atoms with Crippen LogP contribution in [0.3, 0.4) is 0 Å². The number of fused-ring (bicyclic) bond motifs is 1. The number of aromatic nitrogens is 3. The van der Waals surface area contributed by atoms with Crippen molar-refractivity contribution in [3.05, 3.63) is 59.8 Å². The van der Waals surface area contributed by atoms with E-state index in [0.29, 0.717) is 37.4 Å². The van der Waals surface area contributed by atoms with Gasteiger partial charge < -0.3 is 9.09 Å². The lowest BCUT2D eigenvalue weighted by Gasteiger charge is -2.14. The Balaban J connectivity index is 1.21. The van der Waals surface area contributed by atoms with Crippen LogP contribution in [0.2, 0.25) is 0 Å². The van der Waals surface area contributed by atoms with Gasteiger partial charge in [-0.1, -0.05) is 23.9 Å². The highest BCUT2D eigenvalue weighted by molar-refractivity contribution is 7.88. The summed E-state index contributed by atoms with van der Waals surface area (Å²) in [4.78, 5) is 4.34. The van der Waals surface area contributed by atoms with Crippen molar-refractivity contribution in [2.75, 3.05) is 19.3 Å². The zero-order valence-electron chi connectivity index (χ0n) is 17.5. The minimum atomic E-state index is -3.08. The van der Waals surface area contributed by atoms with Crippen molar-refractivity contribution >= 4 is 10.0 Å². The van der Waals surface area contributed by atoms with E-state index in [1.54, 1.807) is 10.5 Å². The second kappa shape index (κ2) is 7.66. The second-order valence-electron chi connectivity index (χ2n) is 8.29. The molecule has 2 aromatic heterocycles. The van der Waals surface area contributed by atoms with E-state index in [1.165, 1.54) is 6.26 Å². The van der Waals surface area contributed by atoms with Crippen LogP contribution in [0.25, 0.3) is 11.3 Å². The highest BCUT2D eigenvalue weighted by atomic mass is 32.2. The van der Waals surface area contributed by atoms with Crippen LogP contribution in [0.15, 0.2) is 47.2 Å². The molecule has 1 aliphatic heterocycles. The van der Waals surface area contributed by atoms with Crippen LogP contribution in [-0.2, 0) is 23.0 Å². The molecule has 160 valence electrons. The van der Waals surface area contributed by atoms with Crippen LogP contribution in [0, 0.1) is 29.6 Å². The summed E-state index contributed by atoms with van der Waals surface area (Å²) in [6.07, 6.45) is 5.90. The number of piperidine rings is 1. The number of hydrogen-bond acceptors (Lipinski definition) is 5. The van der Waals surface area contributed by atoms with Gasteiger partial charge in [-0.3, -0.25) is 0 Å². The first-order valence-electron chi connectivity index (χ1n) is 10.4. The number of imidazole rings is 1. The van der Waals surface area contributed by atoms with Gasteiger partial charge in [-0.15, -0.1) is 0 Å². The summed E-state index contributed by atoms with van der Waals surface area (Å²) in [7, 11) is -3.08. The molecule has 1 aromatic carbocycles. The molecule has 1 aliphatic carbocycles. The van der Waals surface area contributed by atoms with Crippen molar-refractivity contribution in [2.24, 2.45) is 17.8 Å². The third-order valence-electron chi connectivity index (χ3n) is 6.19.